The molecule has 0 bridgehead atoms. The molecule has 5 heteroatoms. The van der Waals surface area contributed by atoms with E-state index >= 15 is 0 Å². The lowest BCUT2D eigenvalue weighted by molar-refractivity contribution is 0.0792. The molecule has 0 aliphatic carbocycles. The smallest absolute Gasteiger partial charge is 0.265 e. The zero-order valence-electron chi connectivity index (χ0n) is 11.1. The molecule has 1 atom stereocenters. The summed E-state index contributed by atoms with van der Waals surface area (Å²) in [6.07, 6.45) is 4.89. The van der Waals surface area contributed by atoms with Crippen LogP contribution >= 0.6 is 11.3 Å². The fourth-order valence-corrected chi connectivity index (χ4v) is 3.35. The Labute approximate surface area is 112 Å². The van der Waals surface area contributed by atoms with Crippen molar-refractivity contribution in [2.75, 3.05) is 26.7 Å². The van der Waals surface area contributed by atoms with Crippen molar-refractivity contribution in [3.8, 4) is 0 Å². The fraction of sp³-hybridized carbons (Fsp3) is 0.692. The fourth-order valence-electron chi connectivity index (χ4n) is 2.37. The first-order valence-corrected chi connectivity index (χ1v) is 7.44. The largest absolute Gasteiger partial charge is 0.338 e. The van der Waals surface area contributed by atoms with Crippen molar-refractivity contribution in [2.24, 2.45) is 5.92 Å². The van der Waals surface area contributed by atoms with E-state index in [-0.39, 0.29) is 5.91 Å². The molecule has 1 aromatic heterocycles. The first-order chi connectivity index (χ1) is 8.74. The van der Waals surface area contributed by atoms with Crippen LogP contribution in [0.2, 0.25) is 0 Å². The van der Waals surface area contributed by atoms with Crippen LogP contribution in [0, 0.1) is 5.92 Å². The van der Waals surface area contributed by atoms with Crippen molar-refractivity contribution in [1.82, 2.24) is 15.2 Å². The third kappa shape index (κ3) is 3.09. The van der Waals surface area contributed by atoms with Crippen LogP contribution in [-0.4, -0.2) is 42.5 Å². The van der Waals surface area contributed by atoms with Crippen molar-refractivity contribution in [1.29, 1.82) is 0 Å². The molecule has 18 heavy (non-hydrogen) atoms. The van der Waals surface area contributed by atoms with Crippen LogP contribution in [0.3, 0.4) is 0 Å². The lowest BCUT2D eigenvalue weighted by atomic mass is 10.1. The second kappa shape index (κ2) is 6.29. The number of carbonyl (C=O) groups is 1. The third-order valence-corrected chi connectivity index (χ3v) is 4.34. The maximum absolute atomic E-state index is 12.3. The summed E-state index contributed by atoms with van der Waals surface area (Å²) < 4.78 is 0. The van der Waals surface area contributed by atoms with Crippen molar-refractivity contribution >= 4 is 17.2 Å². The minimum atomic E-state index is 0.161. The van der Waals surface area contributed by atoms with Crippen LogP contribution in [-0.2, 0) is 6.42 Å². The maximum atomic E-state index is 12.3. The van der Waals surface area contributed by atoms with Gasteiger partial charge >= 0.3 is 0 Å². The highest BCUT2D eigenvalue weighted by Crippen LogP contribution is 2.21. The van der Waals surface area contributed by atoms with Crippen LogP contribution in [0.5, 0.6) is 0 Å². The average molecular weight is 267 g/mol. The number of nitrogens with one attached hydrogen (secondary N) is 1. The second-order valence-corrected chi connectivity index (χ2v) is 5.95. The van der Waals surface area contributed by atoms with Gasteiger partial charge < -0.3 is 10.2 Å². The zero-order chi connectivity index (χ0) is 13.0. The normalized spacial score (nSPS) is 19.4. The molecule has 2 rings (SSSR count). The molecule has 1 aromatic rings. The van der Waals surface area contributed by atoms with Gasteiger partial charge in [-0.25, -0.2) is 4.98 Å². The van der Waals surface area contributed by atoms with Crippen LogP contribution in [0.25, 0.3) is 0 Å². The summed E-state index contributed by atoms with van der Waals surface area (Å²) in [5, 5.41) is 4.26. The van der Waals surface area contributed by atoms with Crippen molar-refractivity contribution < 1.29 is 4.79 Å². The molecule has 0 radical (unpaired) electrons. The molecular formula is C13H21N3OS. The van der Waals surface area contributed by atoms with Crippen LogP contribution in [0.1, 0.15) is 34.4 Å². The van der Waals surface area contributed by atoms with Gasteiger partial charge in [0.15, 0.2) is 0 Å². The molecular weight excluding hydrogens is 246 g/mol. The molecule has 1 saturated heterocycles. The van der Waals surface area contributed by atoms with E-state index < -0.39 is 0 Å². The molecule has 1 aliphatic rings. The lowest BCUT2D eigenvalue weighted by Gasteiger charge is -2.15. The van der Waals surface area contributed by atoms with Crippen LogP contribution in [0.15, 0.2) is 6.20 Å². The second-order valence-electron chi connectivity index (χ2n) is 4.83. The standard InChI is InChI=1S/C13H21N3OS/c1-3-4-12-15-8-11(18-12)13(17)16-6-5-10(9-16)7-14-2/h8,10,14H,3-7,9H2,1-2H3. The number of hydrogen-bond acceptors (Lipinski definition) is 4. The number of aromatic nitrogens is 1. The Hall–Kier alpha value is -0.940. The van der Waals surface area contributed by atoms with Gasteiger partial charge in [0.05, 0.1) is 11.2 Å². The van der Waals surface area contributed by atoms with E-state index in [0.717, 1.165) is 48.8 Å². The number of aryl methyl sites for hydroxylation is 1. The molecule has 1 aliphatic heterocycles. The number of likely N-dealkylation sites (tertiary alicyclic amines) is 1. The lowest BCUT2D eigenvalue weighted by Crippen LogP contribution is -2.29. The Bertz CT molecular complexity index is 405. The predicted molar refractivity (Wildman–Crippen MR) is 74.0 cm³/mol. The van der Waals surface area contributed by atoms with Crippen molar-refractivity contribution in [2.45, 2.75) is 26.2 Å². The zero-order valence-corrected chi connectivity index (χ0v) is 11.9. The number of thiazole rings is 1. The van der Waals surface area contributed by atoms with Gasteiger partial charge in [-0.2, -0.15) is 0 Å². The summed E-state index contributed by atoms with van der Waals surface area (Å²) in [6.45, 7) is 4.88. The highest BCUT2D eigenvalue weighted by molar-refractivity contribution is 7.13. The predicted octanol–water partition coefficient (Wildman–Crippen LogP) is 1.78. The quantitative estimate of drug-likeness (QED) is 0.884. The number of hydrogen-bond donors (Lipinski definition) is 1. The third-order valence-electron chi connectivity index (χ3n) is 3.29. The van der Waals surface area contributed by atoms with Gasteiger partial charge in [-0.1, -0.05) is 6.92 Å². The SMILES string of the molecule is CCCc1ncc(C(=O)N2CCC(CNC)C2)s1. The first kappa shape index (κ1) is 13.5. The molecule has 0 aromatic carbocycles. The van der Waals surface area contributed by atoms with Crippen LogP contribution < -0.4 is 5.32 Å². The Morgan fingerprint density at radius 2 is 2.50 bits per heavy atom. The Morgan fingerprint density at radius 1 is 1.67 bits per heavy atom. The first-order valence-electron chi connectivity index (χ1n) is 6.63. The Kier molecular flexibility index (Phi) is 4.72. The van der Waals surface area contributed by atoms with E-state index in [1.807, 2.05) is 11.9 Å². The summed E-state index contributed by atoms with van der Waals surface area (Å²) in [5.74, 6) is 0.760. The average Bonchev–Trinajstić information content (AvgIpc) is 2.98. The summed E-state index contributed by atoms with van der Waals surface area (Å²) in [4.78, 5) is 19.4. The summed E-state index contributed by atoms with van der Waals surface area (Å²) in [7, 11) is 1.96. The molecule has 2 heterocycles. The number of amides is 1. The van der Waals surface area contributed by atoms with Gasteiger partial charge in [-0.3, -0.25) is 4.79 Å². The number of rotatable bonds is 5. The minimum Gasteiger partial charge on any atom is -0.338 e. The summed E-state index contributed by atoms with van der Waals surface area (Å²) in [6, 6.07) is 0. The number of nitrogens with zero attached hydrogens (tertiary/aromatic N) is 2. The highest BCUT2D eigenvalue weighted by atomic mass is 32.1. The van der Waals surface area contributed by atoms with E-state index in [1.54, 1.807) is 17.5 Å². The van der Waals surface area contributed by atoms with Crippen molar-refractivity contribution in [3.63, 3.8) is 0 Å². The molecule has 100 valence electrons. The van der Waals surface area contributed by atoms with Gasteiger partial charge in [-0.15, -0.1) is 11.3 Å². The molecule has 1 amide bonds. The van der Waals surface area contributed by atoms with E-state index in [1.165, 1.54) is 0 Å². The van der Waals surface area contributed by atoms with Gasteiger partial charge in [0.1, 0.15) is 4.88 Å². The molecule has 1 fully saturated rings. The van der Waals surface area contributed by atoms with E-state index in [2.05, 4.69) is 17.2 Å². The monoisotopic (exact) mass is 267 g/mol. The molecule has 1 unspecified atom stereocenters. The van der Waals surface area contributed by atoms with E-state index in [9.17, 15) is 4.79 Å². The molecule has 4 nitrogen and oxygen atoms in total. The molecule has 1 N–H and O–H groups in total. The van der Waals surface area contributed by atoms with E-state index in [0.29, 0.717) is 5.92 Å². The van der Waals surface area contributed by atoms with Gasteiger partial charge in [0.2, 0.25) is 0 Å². The van der Waals surface area contributed by atoms with E-state index in [4.69, 9.17) is 0 Å². The minimum absolute atomic E-state index is 0.161. The topological polar surface area (TPSA) is 45.2 Å². The molecule has 0 spiro atoms. The van der Waals surface area contributed by atoms with Gasteiger partial charge in [0.25, 0.3) is 5.91 Å². The van der Waals surface area contributed by atoms with Crippen LogP contribution in [0.4, 0.5) is 0 Å². The highest BCUT2D eigenvalue weighted by Gasteiger charge is 2.27. The van der Waals surface area contributed by atoms with Gasteiger partial charge in [-0.05, 0) is 38.8 Å². The molecule has 0 saturated carbocycles. The van der Waals surface area contributed by atoms with Gasteiger partial charge in [0, 0.05) is 13.1 Å². The summed E-state index contributed by atoms with van der Waals surface area (Å²) in [5.41, 5.74) is 0. The summed E-state index contributed by atoms with van der Waals surface area (Å²) >= 11 is 1.55. The Morgan fingerprint density at radius 3 is 3.22 bits per heavy atom. The Balaban J connectivity index is 1.94. The maximum Gasteiger partial charge on any atom is 0.265 e. The van der Waals surface area contributed by atoms with Crippen molar-refractivity contribution in [3.05, 3.63) is 16.1 Å². The number of carbonyl (C=O) groups excluding carboxylic acids is 1.